The van der Waals surface area contributed by atoms with Gasteiger partial charge in [0, 0.05) is 12.3 Å². The van der Waals surface area contributed by atoms with E-state index in [0.29, 0.717) is 12.3 Å². The van der Waals surface area contributed by atoms with Crippen LogP contribution in [0.2, 0.25) is 0 Å². The van der Waals surface area contributed by atoms with Gasteiger partial charge in [-0.2, -0.15) is 0 Å². The molecule has 1 unspecified atom stereocenters. The van der Waals surface area contributed by atoms with E-state index in [2.05, 4.69) is 10.6 Å². The molecular weight excluding hydrogens is 220 g/mol. The van der Waals surface area contributed by atoms with Gasteiger partial charge in [-0.25, -0.2) is 4.79 Å². The van der Waals surface area contributed by atoms with Crippen LogP contribution in [0.15, 0.2) is 18.2 Å². The Labute approximate surface area is 99.8 Å². The Morgan fingerprint density at radius 3 is 3.00 bits per heavy atom. The maximum absolute atomic E-state index is 11.6. The lowest BCUT2D eigenvalue weighted by Crippen LogP contribution is -2.37. The Morgan fingerprint density at radius 1 is 1.53 bits per heavy atom. The number of amides is 2. The second-order valence-corrected chi connectivity index (χ2v) is 4.10. The quantitative estimate of drug-likeness (QED) is 0.687. The second kappa shape index (κ2) is 5.05. The Balaban J connectivity index is 1.93. The molecule has 5 nitrogen and oxygen atoms in total. The van der Waals surface area contributed by atoms with Crippen LogP contribution in [-0.4, -0.2) is 24.0 Å². The van der Waals surface area contributed by atoms with Crippen LogP contribution in [-0.2, 0) is 4.74 Å². The van der Waals surface area contributed by atoms with Crippen molar-refractivity contribution >= 4 is 11.7 Å². The first-order chi connectivity index (χ1) is 8.15. The van der Waals surface area contributed by atoms with E-state index in [4.69, 9.17) is 4.74 Å². The summed E-state index contributed by atoms with van der Waals surface area (Å²) in [6.45, 7) is 2.52. The summed E-state index contributed by atoms with van der Waals surface area (Å²) in [6.07, 6.45) is 1.64. The summed E-state index contributed by atoms with van der Waals surface area (Å²) in [7, 11) is 0. The Bertz CT molecular complexity index is 414. The van der Waals surface area contributed by atoms with E-state index in [9.17, 15) is 9.90 Å². The number of anilines is 1. The number of carbonyl (C=O) groups excluding carboxylic acids is 1. The van der Waals surface area contributed by atoms with Crippen molar-refractivity contribution in [3.8, 4) is 5.75 Å². The van der Waals surface area contributed by atoms with E-state index in [1.807, 2.05) is 6.92 Å². The van der Waals surface area contributed by atoms with Gasteiger partial charge in [0.15, 0.2) is 0 Å². The van der Waals surface area contributed by atoms with Crippen molar-refractivity contribution in [1.29, 1.82) is 0 Å². The van der Waals surface area contributed by atoms with E-state index in [0.717, 1.165) is 18.4 Å². The zero-order valence-electron chi connectivity index (χ0n) is 9.69. The zero-order valence-corrected chi connectivity index (χ0v) is 9.69. The minimum absolute atomic E-state index is 0.188. The van der Waals surface area contributed by atoms with Gasteiger partial charge in [-0.3, -0.25) is 0 Å². The molecule has 1 atom stereocenters. The molecule has 1 saturated heterocycles. The third-order valence-corrected chi connectivity index (χ3v) is 2.68. The third-order valence-electron chi connectivity index (χ3n) is 2.68. The standard InChI is InChI=1S/C12H16N2O3/c1-8-7-9(15)4-5-10(8)13-12(16)14-11-3-2-6-17-11/h4-5,7,11,15H,2-3,6H2,1H3,(H2,13,14,16). The Morgan fingerprint density at radius 2 is 2.35 bits per heavy atom. The van der Waals surface area contributed by atoms with Gasteiger partial charge in [-0.1, -0.05) is 0 Å². The summed E-state index contributed by atoms with van der Waals surface area (Å²) in [6, 6.07) is 4.52. The fourth-order valence-corrected chi connectivity index (χ4v) is 1.78. The van der Waals surface area contributed by atoms with Crippen molar-refractivity contribution in [3.63, 3.8) is 0 Å². The van der Waals surface area contributed by atoms with Crippen molar-refractivity contribution in [2.45, 2.75) is 26.0 Å². The highest BCUT2D eigenvalue weighted by Crippen LogP contribution is 2.20. The van der Waals surface area contributed by atoms with Crippen LogP contribution < -0.4 is 10.6 Å². The topological polar surface area (TPSA) is 70.6 Å². The van der Waals surface area contributed by atoms with Crippen LogP contribution in [0.3, 0.4) is 0 Å². The van der Waals surface area contributed by atoms with Crippen LogP contribution in [0.25, 0.3) is 0 Å². The normalized spacial score (nSPS) is 19.0. The molecule has 1 fully saturated rings. The fourth-order valence-electron chi connectivity index (χ4n) is 1.78. The van der Waals surface area contributed by atoms with E-state index >= 15 is 0 Å². The van der Waals surface area contributed by atoms with Gasteiger partial charge in [0.25, 0.3) is 0 Å². The summed E-state index contributed by atoms with van der Waals surface area (Å²) in [5, 5.41) is 14.7. The Kier molecular flexibility index (Phi) is 3.49. The van der Waals surface area contributed by atoms with Crippen molar-refractivity contribution < 1.29 is 14.6 Å². The number of nitrogens with one attached hydrogen (secondary N) is 2. The highest BCUT2D eigenvalue weighted by Gasteiger charge is 2.17. The molecule has 1 aliphatic rings. The monoisotopic (exact) mass is 236 g/mol. The molecule has 2 amide bonds. The SMILES string of the molecule is Cc1cc(O)ccc1NC(=O)NC1CCCO1. The molecule has 0 saturated carbocycles. The highest BCUT2D eigenvalue weighted by atomic mass is 16.5. The van der Waals surface area contributed by atoms with Crippen LogP contribution in [0, 0.1) is 6.92 Å². The molecule has 0 aliphatic carbocycles. The molecule has 0 spiro atoms. The van der Waals surface area contributed by atoms with Gasteiger partial charge in [-0.05, 0) is 43.5 Å². The number of phenolic OH excluding ortho intramolecular Hbond substituents is 1. The molecule has 2 rings (SSSR count). The highest BCUT2D eigenvalue weighted by molar-refractivity contribution is 5.90. The third kappa shape index (κ3) is 3.10. The summed E-state index contributed by atoms with van der Waals surface area (Å²) in [5.74, 6) is 0.188. The number of rotatable bonds is 2. The number of urea groups is 1. The molecule has 0 aromatic heterocycles. The molecule has 92 valence electrons. The van der Waals surface area contributed by atoms with Crippen LogP contribution in [0.4, 0.5) is 10.5 Å². The van der Waals surface area contributed by atoms with Crippen LogP contribution >= 0.6 is 0 Å². The summed E-state index contributed by atoms with van der Waals surface area (Å²) in [5.41, 5.74) is 1.49. The molecule has 5 heteroatoms. The van der Waals surface area contributed by atoms with Gasteiger partial charge in [-0.15, -0.1) is 0 Å². The van der Waals surface area contributed by atoms with Gasteiger partial charge in [0.2, 0.25) is 0 Å². The predicted molar refractivity (Wildman–Crippen MR) is 64.0 cm³/mol. The van der Waals surface area contributed by atoms with Crippen molar-refractivity contribution in [2.24, 2.45) is 0 Å². The Hall–Kier alpha value is -1.75. The molecule has 3 N–H and O–H groups in total. The average Bonchev–Trinajstić information content (AvgIpc) is 2.75. The van der Waals surface area contributed by atoms with E-state index in [1.165, 1.54) is 6.07 Å². The van der Waals surface area contributed by atoms with E-state index in [-0.39, 0.29) is 18.0 Å². The number of ether oxygens (including phenoxy) is 1. The number of aryl methyl sites for hydroxylation is 1. The smallest absolute Gasteiger partial charge is 0.321 e. The first kappa shape index (κ1) is 11.7. The summed E-state index contributed by atoms with van der Waals surface area (Å²) in [4.78, 5) is 11.6. The molecule has 1 aromatic carbocycles. The molecule has 1 heterocycles. The van der Waals surface area contributed by atoms with Gasteiger partial charge in [0.05, 0.1) is 0 Å². The largest absolute Gasteiger partial charge is 0.508 e. The van der Waals surface area contributed by atoms with Crippen molar-refractivity contribution in [2.75, 3.05) is 11.9 Å². The summed E-state index contributed by atoms with van der Waals surface area (Å²) >= 11 is 0. The predicted octanol–water partition coefficient (Wildman–Crippen LogP) is 1.96. The maximum atomic E-state index is 11.6. The molecule has 1 aromatic rings. The first-order valence-electron chi connectivity index (χ1n) is 5.64. The van der Waals surface area contributed by atoms with Crippen LogP contribution in [0.1, 0.15) is 18.4 Å². The number of hydrogen-bond acceptors (Lipinski definition) is 3. The van der Waals surface area contributed by atoms with Crippen molar-refractivity contribution in [3.05, 3.63) is 23.8 Å². The minimum Gasteiger partial charge on any atom is -0.508 e. The minimum atomic E-state index is -0.286. The second-order valence-electron chi connectivity index (χ2n) is 4.10. The fraction of sp³-hybridized carbons (Fsp3) is 0.417. The van der Waals surface area contributed by atoms with Crippen LogP contribution in [0.5, 0.6) is 5.75 Å². The number of hydrogen-bond donors (Lipinski definition) is 3. The summed E-state index contributed by atoms with van der Waals surface area (Å²) < 4.78 is 5.30. The first-order valence-corrected chi connectivity index (χ1v) is 5.64. The number of phenols is 1. The number of aromatic hydroxyl groups is 1. The molecule has 0 radical (unpaired) electrons. The maximum Gasteiger partial charge on any atom is 0.321 e. The van der Waals surface area contributed by atoms with Crippen molar-refractivity contribution in [1.82, 2.24) is 5.32 Å². The zero-order chi connectivity index (χ0) is 12.3. The molecule has 17 heavy (non-hydrogen) atoms. The van der Waals surface area contributed by atoms with E-state index < -0.39 is 0 Å². The average molecular weight is 236 g/mol. The lowest BCUT2D eigenvalue weighted by atomic mass is 10.2. The molecular formula is C12H16N2O3. The van der Waals surface area contributed by atoms with E-state index in [1.54, 1.807) is 12.1 Å². The lowest BCUT2D eigenvalue weighted by Gasteiger charge is -2.14. The van der Waals surface area contributed by atoms with Gasteiger partial charge < -0.3 is 20.5 Å². The lowest BCUT2D eigenvalue weighted by molar-refractivity contribution is 0.0928. The van der Waals surface area contributed by atoms with Gasteiger partial charge >= 0.3 is 6.03 Å². The number of carbonyl (C=O) groups is 1. The molecule has 0 bridgehead atoms. The molecule has 1 aliphatic heterocycles. The number of benzene rings is 1. The van der Waals surface area contributed by atoms with Gasteiger partial charge in [0.1, 0.15) is 12.0 Å².